The van der Waals surface area contributed by atoms with Gasteiger partial charge in [-0.15, -0.1) is 0 Å². The van der Waals surface area contributed by atoms with Crippen molar-refractivity contribution in [1.82, 2.24) is 5.32 Å². The van der Waals surface area contributed by atoms with Gasteiger partial charge in [-0.1, -0.05) is 15.9 Å². The predicted molar refractivity (Wildman–Crippen MR) is 58.9 cm³/mol. The molecule has 0 aliphatic heterocycles. The zero-order valence-electron chi connectivity index (χ0n) is 8.08. The van der Waals surface area contributed by atoms with Gasteiger partial charge in [0.25, 0.3) is 0 Å². The van der Waals surface area contributed by atoms with Crippen LogP contribution in [0.3, 0.4) is 0 Å². The number of rotatable bonds is 5. The second-order valence-corrected chi connectivity index (χ2v) is 4.12. The molecule has 0 spiro atoms. The molecular formula is C10H13BrFNO2. The molecule has 15 heavy (non-hydrogen) atoms. The number of nitrogens with one attached hydrogen (secondary N) is 1. The summed E-state index contributed by atoms with van der Waals surface area (Å²) in [5, 5.41) is 20.5. The first-order valence-corrected chi connectivity index (χ1v) is 5.36. The van der Waals surface area contributed by atoms with Gasteiger partial charge in [-0.05, 0) is 18.2 Å². The second kappa shape index (κ2) is 6.17. The van der Waals surface area contributed by atoms with Crippen molar-refractivity contribution >= 4 is 15.9 Å². The van der Waals surface area contributed by atoms with Gasteiger partial charge in [-0.2, -0.15) is 0 Å². The van der Waals surface area contributed by atoms with Gasteiger partial charge in [0.05, 0.1) is 12.7 Å². The molecule has 1 rings (SSSR count). The van der Waals surface area contributed by atoms with E-state index in [1.54, 1.807) is 12.1 Å². The Morgan fingerprint density at radius 3 is 2.87 bits per heavy atom. The van der Waals surface area contributed by atoms with E-state index in [0.717, 1.165) is 4.47 Å². The third-order valence-corrected chi connectivity index (χ3v) is 2.41. The summed E-state index contributed by atoms with van der Waals surface area (Å²) in [7, 11) is 0. The van der Waals surface area contributed by atoms with Gasteiger partial charge < -0.3 is 15.5 Å². The zero-order valence-corrected chi connectivity index (χ0v) is 9.67. The van der Waals surface area contributed by atoms with Gasteiger partial charge in [0, 0.05) is 23.1 Å². The van der Waals surface area contributed by atoms with Crippen LogP contribution in [0.1, 0.15) is 5.56 Å². The minimum atomic E-state index is -0.805. The van der Waals surface area contributed by atoms with Crippen LogP contribution in [0.4, 0.5) is 4.39 Å². The lowest BCUT2D eigenvalue weighted by atomic mass is 10.2. The Balaban J connectivity index is 2.46. The third kappa shape index (κ3) is 4.25. The predicted octanol–water partition coefficient (Wildman–Crippen LogP) is 1.03. The highest BCUT2D eigenvalue weighted by atomic mass is 79.9. The van der Waals surface area contributed by atoms with Crippen LogP contribution in [0, 0.1) is 5.82 Å². The average molecular weight is 278 g/mol. The maximum atomic E-state index is 13.2. The Bertz CT molecular complexity index is 322. The topological polar surface area (TPSA) is 52.5 Å². The van der Waals surface area contributed by atoms with Gasteiger partial charge in [0.2, 0.25) is 0 Å². The summed E-state index contributed by atoms with van der Waals surface area (Å²) in [4.78, 5) is 0. The molecule has 0 saturated heterocycles. The Morgan fingerprint density at radius 1 is 1.47 bits per heavy atom. The van der Waals surface area contributed by atoms with Crippen LogP contribution in [0.25, 0.3) is 0 Å². The molecule has 5 heteroatoms. The zero-order chi connectivity index (χ0) is 11.3. The van der Waals surface area contributed by atoms with Gasteiger partial charge in [-0.3, -0.25) is 0 Å². The highest BCUT2D eigenvalue weighted by Crippen LogP contribution is 2.15. The number of halogens is 2. The molecule has 84 valence electrons. The van der Waals surface area contributed by atoms with Crippen LogP contribution in [0.15, 0.2) is 22.7 Å². The summed E-state index contributed by atoms with van der Waals surface area (Å²) in [6, 6.07) is 4.68. The van der Waals surface area contributed by atoms with Gasteiger partial charge in [0.1, 0.15) is 5.82 Å². The van der Waals surface area contributed by atoms with E-state index in [0.29, 0.717) is 12.1 Å². The molecule has 1 aromatic carbocycles. The van der Waals surface area contributed by atoms with Crippen LogP contribution in [0.2, 0.25) is 0 Å². The lowest BCUT2D eigenvalue weighted by Crippen LogP contribution is -2.29. The monoisotopic (exact) mass is 277 g/mol. The molecule has 0 saturated carbocycles. The maximum Gasteiger partial charge on any atom is 0.127 e. The summed E-state index contributed by atoms with van der Waals surface area (Å²) < 4.78 is 14.0. The average Bonchev–Trinajstić information content (AvgIpc) is 2.23. The molecule has 0 aliphatic carbocycles. The standard InChI is InChI=1S/C10H13BrFNO2/c11-8-1-2-10(12)7(3-8)4-13-5-9(15)6-14/h1-3,9,13-15H,4-6H2. The van der Waals surface area contributed by atoms with Crippen molar-refractivity contribution in [3.05, 3.63) is 34.1 Å². The van der Waals surface area contributed by atoms with E-state index in [-0.39, 0.29) is 19.0 Å². The Kier molecular flexibility index (Phi) is 5.17. The number of hydrogen-bond donors (Lipinski definition) is 3. The number of aliphatic hydroxyl groups is 2. The molecular weight excluding hydrogens is 265 g/mol. The largest absolute Gasteiger partial charge is 0.394 e. The van der Waals surface area contributed by atoms with Gasteiger partial charge in [0.15, 0.2) is 0 Å². The fourth-order valence-corrected chi connectivity index (χ4v) is 1.53. The normalized spacial score (nSPS) is 12.8. The van der Waals surface area contributed by atoms with Crippen molar-refractivity contribution in [3.8, 4) is 0 Å². The summed E-state index contributed by atoms with van der Waals surface area (Å²) in [5.41, 5.74) is 0.523. The quantitative estimate of drug-likeness (QED) is 0.754. The molecule has 1 aromatic rings. The van der Waals surface area contributed by atoms with Gasteiger partial charge in [-0.25, -0.2) is 4.39 Å². The molecule has 0 aromatic heterocycles. The SMILES string of the molecule is OCC(O)CNCc1cc(Br)ccc1F. The lowest BCUT2D eigenvalue weighted by Gasteiger charge is -2.09. The minimum absolute atomic E-state index is 0.239. The molecule has 0 amide bonds. The second-order valence-electron chi connectivity index (χ2n) is 3.20. The molecule has 0 radical (unpaired) electrons. The maximum absolute atomic E-state index is 13.2. The first kappa shape index (κ1) is 12.6. The van der Waals surface area contributed by atoms with Crippen molar-refractivity contribution in [1.29, 1.82) is 0 Å². The third-order valence-electron chi connectivity index (χ3n) is 1.91. The summed E-state index contributed by atoms with van der Waals surface area (Å²) >= 11 is 3.25. The summed E-state index contributed by atoms with van der Waals surface area (Å²) in [6.45, 7) is 0.263. The molecule has 0 aliphatic rings. The Labute approximate surface area is 96.1 Å². The first-order chi connectivity index (χ1) is 7.13. The molecule has 3 N–H and O–H groups in total. The van der Waals surface area contributed by atoms with Crippen molar-refractivity contribution in [3.63, 3.8) is 0 Å². The van der Waals surface area contributed by atoms with E-state index in [2.05, 4.69) is 21.2 Å². The highest BCUT2D eigenvalue weighted by molar-refractivity contribution is 9.10. The molecule has 0 bridgehead atoms. The molecule has 1 atom stereocenters. The fraction of sp³-hybridized carbons (Fsp3) is 0.400. The first-order valence-electron chi connectivity index (χ1n) is 4.57. The van der Waals surface area contributed by atoms with Crippen molar-refractivity contribution in [2.75, 3.05) is 13.2 Å². The van der Waals surface area contributed by atoms with Gasteiger partial charge >= 0.3 is 0 Å². The number of benzene rings is 1. The molecule has 3 nitrogen and oxygen atoms in total. The van der Waals surface area contributed by atoms with Crippen LogP contribution < -0.4 is 5.32 Å². The fourth-order valence-electron chi connectivity index (χ4n) is 1.12. The number of hydrogen-bond acceptors (Lipinski definition) is 3. The minimum Gasteiger partial charge on any atom is -0.394 e. The highest BCUT2D eigenvalue weighted by Gasteiger charge is 2.04. The van der Waals surface area contributed by atoms with E-state index < -0.39 is 6.10 Å². The van der Waals surface area contributed by atoms with Crippen LogP contribution in [-0.2, 0) is 6.54 Å². The smallest absolute Gasteiger partial charge is 0.127 e. The Morgan fingerprint density at radius 2 is 2.20 bits per heavy atom. The van der Waals surface area contributed by atoms with Crippen LogP contribution in [0.5, 0.6) is 0 Å². The molecule has 1 unspecified atom stereocenters. The van der Waals surface area contributed by atoms with E-state index in [1.807, 2.05) is 0 Å². The van der Waals surface area contributed by atoms with Crippen molar-refractivity contribution in [2.24, 2.45) is 0 Å². The molecule has 0 fully saturated rings. The summed E-state index contributed by atoms with van der Waals surface area (Å²) in [5.74, 6) is -0.288. The molecule has 0 heterocycles. The van der Waals surface area contributed by atoms with Crippen molar-refractivity contribution < 1.29 is 14.6 Å². The van der Waals surface area contributed by atoms with Crippen molar-refractivity contribution in [2.45, 2.75) is 12.6 Å². The lowest BCUT2D eigenvalue weighted by molar-refractivity contribution is 0.0941. The van der Waals surface area contributed by atoms with E-state index in [4.69, 9.17) is 10.2 Å². The van der Waals surface area contributed by atoms with Crippen LogP contribution >= 0.6 is 15.9 Å². The number of aliphatic hydroxyl groups excluding tert-OH is 2. The Hall–Kier alpha value is -0.490. The van der Waals surface area contributed by atoms with E-state index in [1.165, 1.54) is 6.07 Å². The van der Waals surface area contributed by atoms with E-state index >= 15 is 0 Å². The summed E-state index contributed by atoms with van der Waals surface area (Å²) in [6.07, 6.45) is -0.805. The van der Waals surface area contributed by atoms with Crippen LogP contribution in [-0.4, -0.2) is 29.5 Å². The van der Waals surface area contributed by atoms with E-state index in [9.17, 15) is 4.39 Å².